The molecule has 6 heteroatoms. The number of non-ortho nitro benzene ring substituents is 1. The summed E-state index contributed by atoms with van der Waals surface area (Å²) in [5, 5.41) is 13.9. The van der Waals surface area contributed by atoms with Crippen LogP contribution in [0.15, 0.2) is 18.2 Å². The molecule has 1 aromatic carbocycles. The first-order chi connectivity index (χ1) is 8.87. The minimum Gasteiger partial charge on any atom is -0.382 e. The zero-order chi connectivity index (χ0) is 14.0. The van der Waals surface area contributed by atoms with Gasteiger partial charge in [0.25, 0.3) is 5.69 Å². The Morgan fingerprint density at radius 1 is 1.53 bits per heavy atom. The van der Waals surface area contributed by atoms with Crippen molar-refractivity contribution in [1.82, 2.24) is 0 Å². The molecule has 6 nitrogen and oxygen atoms in total. The number of hydrogen-bond donors (Lipinski definition) is 1. The lowest BCUT2D eigenvalue weighted by atomic mass is 10.1. The smallest absolute Gasteiger partial charge is 0.269 e. The molecule has 1 saturated heterocycles. The van der Waals surface area contributed by atoms with Crippen LogP contribution in [-0.2, 0) is 9.47 Å². The predicted octanol–water partition coefficient (Wildman–Crippen LogP) is 2.47. The van der Waals surface area contributed by atoms with Crippen LogP contribution in [0, 0.1) is 17.0 Å². The fourth-order valence-corrected chi connectivity index (χ4v) is 2.05. The molecule has 19 heavy (non-hydrogen) atoms. The van der Waals surface area contributed by atoms with Crippen LogP contribution in [0.2, 0.25) is 0 Å². The molecule has 0 aliphatic carbocycles. The van der Waals surface area contributed by atoms with Gasteiger partial charge in [0.1, 0.15) is 6.10 Å². The van der Waals surface area contributed by atoms with Crippen molar-refractivity contribution in [1.29, 1.82) is 0 Å². The number of benzene rings is 1. The van der Waals surface area contributed by atoms with E-state index in [0.29, 0.717) is 13.2 Å². The Labute approximate surface area is 111 Å². The monoisotopic (exact) mass is 266 g/mol. The second kappa shape index (κ2) is 5.14. The summed E-state index contributed by atoms with van der Waals surface area (Å²) in [5.74, 6) is -0.531. The third-order valence-corrected chi connectivity index (χ3v) is 3.01. The summed E-state index contributed by atoms with van der Waals surface area (Å²) in [6.07, 6.45) is -0.00964. The van der Waals surface area contributed by atoms with Crippen molar-refractivity contribution in [3.8, 4) is 0 Å². The van der Waals surface area contributed by atoms with Gasteiger partial charge < -0.3 is 14.8 Å². The van der Waals surface area contributed by atoms with Gasteiger partial charge in [-0.3, -0.25) is 10.1 Å². The molecule has 0 amide bonds. The van der Waals surface area contributed by atoms with Crippen molar-refractivity contribution in [3.05, 3.63) is 33.9 Å². The van der Waals surface area contributed by atoms with Gasteiger partial charge in [-0.2, -0.15) is 0 Å². The largest absolute Gasteiger partial charge is 0.382 e. The lowest BCUT2D eigenvalue weighted by Crippen LogP contribution is -2.26. The lowest BCUT2D eigenvalue weighted by Gasteiger charge is -2.18. The maximum absolute atomic E-state index is 10.7. The van der Waals surface area contributed by atoms with E-state index < -0.39 is 10.7 Å². The van der Waals surface area contributed by atoms with Crippen LogP contribution in [0.4, 0.5) is 11.4 Å². The van der Waals surface area contributed by atoms with Crippen LogP contribution < -0.4 is 5.32 Å². The van der Waals surface area contributed by atoms with Gasteiger partial charge in [-0.05, 0) is 32.4 Å². The summed E-state index contributed by atoms with van der Waals surface area (Å²) >= 11 is 0. The normalized spacial score (nSPS) is 21.3. The minimum absolute atomic E-state index is 0.00964. The summed E-state index contributed by atoms with van der Waals surface area (Å²) in [6.45, 7) is 6.76. The van der Waals surface area contributed by atoms with E-state index in [4.69, 9.17) is 9.47 Å². The molecular formula is C13H18N2O4. The summed E-state index contributed by atoms with van der Waals surface area (Å²) < 4.78 is 11.1. The van der Waals surface area contributed by atoms with E-state index in [-0.39, 0.29) is 11.8 Å². The SMILES string of the molecule is Cc1cc([N+](=O)[O-])ccc1NCC1COC(C)(C)O1. The molecule has 104 valence electrons. The van der Waals surface area contributed by atoms with Gasteiger partial charge in [0.2, 0.25) is 0 Å². The zero-order valence-corrected chi connectivity index (χ0v) is 11.3. The number of rotatable bonds is 4. The molecule has 1 atom stereocenters. The number of hydrogen-bond acceptors (Lipinski definition) is 5. The number of anilines is 1. The van der Waals surface area contributed by atoms with Gasteiger partial charge in [-0.25, -0.2) is 0 Å². The Bertz CT molecular complexity index is 488. The van der Waals surface area contributed by atoms with Crippen molar-refractivity contribution in [2.75, 3.05) is 18.5 Å². The highest BCUT2D eigenvalue weighted by molar-refractivity contribution is 5.55. The van der Waals surface area contributed by atoms with Crippen LogP contribution in [0.5, 0.6) is 0 Å². The summed E-state index contributed by atoms with van der Waals surface area (Å²) in [5.41, 5.74) is 1.82. The van der Waals surface area contributed by atoms with E-state index in [1.807, 2.05) is 20.8 Å². The van der Waals surface area contributed by atoms with Crippen molar-refractivity contribution >= 4 is 11.4 Å². The van der Waals surface area contributed by atoms with Gasteiger partial charge in [0, 0.05) is 24.4 Å². The van der Waals surface area contributed by atoms with E-state index in [1.54, 1.807) is 12.1 Å². The lowest BCUT2D eigenvalue weighted by molar-refractivity contribution is -0.384. The van der Waals surface area contributed by atoms with E-state index in [0.717, 1.165) is 11.3 Å². The highest BCUT2D eigenvalue weighted by Crippen LogP contribution is 2.24. The Hall–Kier alpha value is -1.66. The summed E-state index contributed by atoms with van der Waals surface area (Å²) in [7, 11) is 0. The van der Waals surface area contributed by atoms with Crippen molar-refractivity contribution in [3.63, 3.8) is 0 Å². The number of ether oxygens (including phenoxy) is 2. The Morgan fingerprint density at radius 2 is 2.26 bits per heavy atom. The number of nitro benzene ring substituents is 1. The molecule has 1 aromatic rings. The van der Waals surface area contributed by atoms with Crippen LogP contribution >= 0.6 is 0 Å². The van der Waals surface area contributed by atoms with E-state index >= 15 is 0 Å². The van der Waals surface area contributed by atoms with Gasteiger partial charge >= 0.3 is 0 Å². The standard InChI is InChI=1S/C13H18N2O4/c1-9-6-10(15(16)17)4-5-12(9)14-7-11-8-18-13(2,3)19-11/h4-6,11,14H,7-8H2,1-3H3. The minimum atomic E-state index is -0.531. The van der Waals surface area contributed by atoms with Crippen LogP contribution in [0.25, 0.3) is 0 Å². The van der Waals surface area contributed by atoms with Crippen molar-refractivity contribution < 1.29 is 14.4 Å². The predicted molar refractivity (Wildman–Crippen MR) is 71.2 cm³/mol. The third-order valence-electron chi connectivity index (χ3n) is 3.01. The number of nitrogens with one attached hydrogen (secondary N) is 1. The second-order valence-electron chi connectivity index (χ2n) is 5.09. The second-order valence-corrected chi connectivity index (χ2v) is 5.09. The highest BCUT2D eigenvalue weighted by atomic mass is 16.7. The molecule has 1 aliphatic rings. The number of nitrogens with zero attached hydrogens (tertiary/aromatic N) is 1. The molecule has 1 aliphatic heterocycles. The zero-order valence-electron chi connectivity index (χ0n) is 11.3. The molecule has 1 unspecified atom stereocenters. The molecule has 0 bridgehead atoms. The molecule has 0 spiro atoms. The summed E-state index contributed by atoms with van der Waals surface area (Å²) in [6, 6.07) is 4.76. The average molecular weight is 266 g/mol. The van der Waals surface area contributed by atoms with Crippen molar-refractivity contribution in [2.24, 2.45) is 0 Å². The average Bonchev–Trinajstić information content (AvgIpc) is 2.67. The number of nitro groups is 1. The van der Waals surface area contributed by atoms with E-state index in [1.165, 1.54) is 6.07 Å². The van der Waals surface area contributed by atoms with Crippen molar-refractivity contribution in [2.45, 2.75) is 32.7 Å². The van der Waals surface area contributed by atoms with E-state index in [9.17, 15) is 10.1 Å². The van der Waals surface area contributed by atoms with Gasteiger partial charge in [0.05, 0.1) is 11.5 Å². The first kappa shape index (κ1) is 13.8. The quantitative estimate of drug-likeness (QED) is 0.669. The Kier molecular flexibility index (Phi) is 3.73. The fourth-order valence-electron chi connectivity index (χ4n) is 2.05. The molecule has 2 rings (SSSR count). The van der Waals surface area contributed by atoms with Crippen LogP contribution in [-0.4, -0.2) is 30.0 Å². The third kappa shape index (κ3) is 3.42. The van der Waals surface area contributed by atoms with Crippen LogP contribution in [0.3, 0.4) is 0 Å². The highest BCUT2D eigenvalue weighted by Gasteiger charge is 2.32. The fraction of sp³-hybridized carbons (Fsp3) is 0.538. The van der Waals surface area contributed by atoms with Gasteiger partial charge in [-0.15, -0.1) is 0 Å². The molecular weight excluding hydrogens is 248 g/mol. The first-order valence-electron chi connectivity index (χ1n) is 6.18. The van der Waals surface area contributed by atoms with Gasteiger partial charge in [-0.1, -0.05) is 0 Å². The first-order valence-corrected chi connectivity index (χ1v) is 6.18. The Morgan fingerprint density at radius 3 is 2.79 bits per heavy atom. The summed E-state index contributed by atoms with van der Waals surface area (Å²) in [4.78, 5) is 10.3. The topological polar surface area (TPSA) is 73.6 Å². The van der Waals surface area contributed by atoms with E-state index in [2.05, 4.69) is 5.32 Å². The number of aryl methyl sites for hydroxylation is 1. The Balaban J connectivity index is 1.95. The maximum atomic E-state index is 10.7. The molecule has 1 N–H and O–H groups in total. The van der Waals surface area contributed by atoms with Crippen LogP contribution in [0.1, 0.15) is 19.4 Å². The molecule has 1 fully saturated rings. The molecule has 0 radical (unpaired) electrons. The molecule has 0 saturated carbocycles. The molecule has 1 heterocycles. The maximum Gasteiger partial charge on any atom is 0.269 e. The van der Waals surface area contributed by atoms with Gasteiger partial charge in [0.15, 0.2) is 5.79 Å². The molecule has 0 aromatic heterocycles.